The molecule has 28 heavy (non-hydrogen) atoms. The first-order valence-electron chi connectivity index (χ1n) is 10.6. The summed E-state index contributed by atoms with van der Waals surface area (Å²) < 4.78 is 0. The number of likely N-dealkylation sites (tertiary alicyclic amines) is 2. The fourth-order valence-electron chi connectivity index (χ4n) is 4.64. The summed E-state index contributed by atoms with van der Waals surface area (Å²) in [7, 11) is 0. The Hall–Kier alpha value is -2.15. The predicted octanol–water partition coefficient (Wildman–Crippen LogP) is 1.34. The highest BCUT2D eigenvalue weighted by molar-refractivity contribution is 5.94. The van der Waals surface area contributed by atoms with E-state index in [1.807, 2.05) is 21.9 Å². The zero-order valence-electron chi connectivity index (χ0n) is 16.6. The van der Waals surface area contributed by atoms with Gasteiger partial charge in [0.05, 0.1) is 5.56 Å². The Labute approximate surface area is 166 Å². The molecule has 0 saturated carbocycles. The number of hydrogen-bond acceptors (Lipinski definition) is 5. The molecule has 3 fully saturated rings. The molecule has 1 atom stereocenters. The minimum atomic E-state index is 0.0657. The molecule has 7 nitrogen and oxygen atoms in total. The molecule has 4 heterocycles. The summed E-state index contributed by atoms with van der Waals surface area (Å²) >= 11 is 0. The van der Waals surface area contributed by atoms with Gasteiger partial charge in [-0.3, -0.25) is 9.59 Å². The molecule has 152 valence electrons. The number of rotatable bonds is 5. The molecule has 0 radical (unpaired) electrons. The van der Waals surface area contributed by atoms with Gasteiger partial charge in [-0.2, -0.15) is 0 Å². The van der Waals surface area contributed by atoms with E-state index in [4.69, 9.17) is 5.73 Å². The molecule has 0 aliphatic carbocycles. The van der Waals surface area contributed by atoms with Gasteiger partial charge in [0.15, 0.2) is 0 Å². The molecule has 2 amide bonds. The zero-order chi connectivity index (χ0) is 19.5. The van der Waals surface area contributed by atoms with E-state index in [-0.39, 0.29) is 5.91 Å². The van der Waals surface area contributed by atoms with Gasteiger partial charge in [-0.1, -0.05) is 0 Å². The third kappa shape index (κ3) is 4.14. The van der Waals surface area contributed by atoms with Crippen LogP contribution in [0.1, 0.15) is 42.5 Å². The molecular formula is C21H31N5O2. The molecule has 0 bridgehead atoms. The molecule has 3 aliphatic rings. The minimum Gasteiger partial charge on any atom is -0.356 e. The molecule has 7 heteroatoms. The fourth-order valence-corrected chi connectivity index (χ4v) is 4.64. The Morgan fingerprint density at radius 2 is 1.89 bits per heavy atom. The molecule has 3 saturated heterocycles. The van der Waals surface area contributed by atoms with Gasteiger partial charge >= 0.3 is 0 Å². The molecular weight excluding hydrogens is 354 g/mol. The first-order chi connectivity index (χ1) is 13.6. The SMILES string of the molecule is NC[C@@H]1CCN(c2ccc(C(=O)N3CCC(CN4CCCC4=O)CC3)cn2)C1. The van der Waals surface area contributed by atoms with Gasteiger partial charge in [-0.05, 0) is 56.2 Å². The van der Waals surface area contributed by atoms with E-state index < -0.39 is 0 Å². The van der Waals surface area contributed by atoms with Gasteiger partial charge in [-0.15, -0.1) is 0 Å². The van der Waals surface area contributed by atoms with Crippen LogP contribution in [-0.4, -0.2) is 72.4 Å². The Bertz CT molecular complexity index is 699. The van der Waals surface area contributed by atoms with Gasteiger partial charge in [0.25, 0.3) is 5.91 Å². The average Bonchev–Trinajstić information content (AvgIpc) is 3.37. The van der Waals surface area contributed by atoms with E-state index in [0.717, 1.165) is 77.3 Å². The largest absolute Gasteiger partial charge is 0.356 e. The zero-order valence-corrected chi connectivity index (χ0v) is 16.6. The maximum Gasteiger partial charge on any atom is 0.255 e. The maximum atomic E-state index is 12.8. The van der Waals surface area contributed by atoms with Crippen LogP contribution in [0.2, 0.25) is 0 Å². The standard InChI is InChI=1S/C21H31N5O2/c22-12-17-7-11-25(15-17)19-4-3-18(13-23-19)21(28)24-9-5-16(6-10-24)14-26-8-1-2-20(26)27/h3-4,13,16-17H,1-2,5-12,14-15,22H2/t17-/m0/s1. The highest BCUT2D eigenvalue weighted by Gasteiger charge is 2.28. The van der Waals surface area contributed by atoms with E-state index in [1.165, 1.54) is 0 Å². The van der Waals surface area contributed by atoms with Crippen LogP contribution in [0.25, 0.3) is 0 Å². The van der Waals surface area contributed by atoms with Crippen LogP contribution in [-0.2, 0) is 4.79 Å². The van der Waals surface area contributed by atoms with Crippen LogP contribution >= 0.6 is 0 Å². The van der Waals surface area contributed by atoms with Crippen LogP contribution in [0, 0.1) is 11.8 Å². The third-order valence-corrected chi connectivity index (χ3v) is 6.49. The lowest BCUT2D eigenvalue weighted by Crippen LogP contribution is -2.41. The number of carbonyl (C=O) groups excluding carboxylic acids is 2. The first-order valence-corrected chi connectivity index (χ1v) is 10.6. The smallest absolute Gasteiger partial charge is 0.255 e. The highest BCUT2D eigenvalue weighted by atomic mass is 16.2. The van der Waals surface area contributed by atoms with E-state index in [0.29, 0.717) is 29.7 Å². The Morgan fingerprint density at radius 3 is 2.50 bits per heavy atom. The molecule has 3 aliphatic heterocycles. The molecule has 4 rings (SSSR count). The Morgan fingerprint density at radius 1 is 1.11 bits per heavy atom. The number of nitrogens with two attached hydrogens (primary N) is 1. The number of aromatic nitrogens is 1. The average molecular weight is 386 g/mol. The summed E-state index contributed by atoms with van der Waals surface area (Å²) in [5.74, 6) is 2.34. The van der Waals surface area contributed by atoms with Crippen molar-refractivity contribution in [1.82, 2.24) is 14.8 Å². The normalized spacial score (nSPS) is 23.7. The first kappa shape index (κ1) is 19.2. The van der Waals surface area contributed by atoms with Gasteiger partial charge in [0.1, 0.15) is 5.82 Å². The van der Waals surface area contributed by atoms with E-state index >= 15 is 0 Å². The van der Waals surface area contributed by atoms with Crippen molar-refractivity contribution in [2.24, 2.45) is 17.6 Å². The number of hydrogen-bond donors (Lipinski definition) is 1. The summed E-state index contributed by atoms with van der Waals surface area (Å²) in [5, 5.41) is 0. The lowest BCUT2D eigenvalue weighted by atomic mass is 9.96. The number of nitrogens with zero attached hydrogens (tertiary/aromatic N) is 4. The van der Waals surface area contributed by atoms with Gasteiger partial charge in [0, 0.05) is 51.9 Å². The van der Waals surface area contributed by atoms with Crippen LogP contribution in [0.5, 0.6) is 0 Å². The van der Waals surface area contributed by atoms with Gasteiger partial charge in [-0.25, -0.2) is 4.98 Å². The molecule has 0 unspecified atom stereocenters. The maximum absolute atomic E-state index is 12.8. The topological polar surface area (TPSA) is 82.8 Å². The molecule has 1 aromatic rings. The summed E-state index contributed by atoms with van der Waals surface area (Å²) in [6.45, 7) is 5.93. The monoisotopic (exact) mass is 385 g/mol. The summed E-state index contributed by atoms with van der Waals surface area (Å²) in [6, 6.07) is 3.85. The Kier molecular flexibility index (Phi) is 5.80. The fraction of sp³-hybridized carbons (Fsp3) is 0.667. The second-order valence-electron chi connectivity index (χ2n) is 8.42. The van der Waals surface area contributed by atoms with Crippen molar-refractivity contribution >= 4 is 17.6 Å². The lowest BCUT2D eigenvalue weighted by molar-refractivity contribution is -0.128. The van der Waals surface area contributed by atoms with Crippen molar-refractivity contribution in [3.63, 3.8) is 0 Å². The number of amides is 2. The number of pyridine rings is 1. The van der Waals surface area contributed by atoms with E-state index in [1.54, 1.807) is 6.20 Å². The molecule has 1 aromatic heterocycles. The number of anilines is 1. The van der Waals surface area contributed by atoms with Crippen molar-refractivity contribution in [3.8, 4) is 0 Å². The highest BCUT2D eigenvalue weighted by Crippen LogP contribution is 2.24. The summed E-state index contributed by atoms with van der Waals surface area (Å²) in [6.07, 6.45) is 6.44. The number of piperidine rings is 1. The van der Waals surface area contributed by atoms with Crippen LogP contribution in [0.4, 0.5) is 5.82 Å². The van der Waals surface area contributed by atoms with Crippen LogP contribution in [0.3, 0.4) is 0 Å². The van der Waals surface area contributed by atoms with Crippen molar-refractivity contribution in [1.29, 1.82) is 0 Å². The van der Waals surface area contributed by atoms with Gasteiger partial charge < -0.3 is 20.4 Å². The minimum absolute atomic E-state index is 0.0657. The molecule has 0 aromatic carbocycles. The third-order valence-electron chi connectivity index (χ3n) is 6.49. The molecule has 0 spiro atoms. The second-order valence-corrected chi connectivity index (χ2v) is 8.42. The Balaban J connectivity index is 1.28. The van der Waals surface area contributed by atoms with Crippen LogP contribution in [0.15, 0.2) is 18.3 Å². The number of carbonyl (C=O) groups is 2. The molecule has 2 N–H and O–H groups in total. The van der Waals surface area contributed by atoms with Crippen molar-refractivity contribution < 1.29 is 9.59 Å². The summed E-state index contributed by atoms with van der Waals surface area (Å²) in [5.41, 5.74) is 6.42. The predicted molar refractivity (Wildman–Crippen MR) is 108 cm³/mol. The van der Waals surface area contributed by atoms with E-state index in [2.05, 4.69) is 9.88 Å². The van der Waals surface area contributed by atoms with Crippen molar-refractivity contribution in [2.75, 3.05) is 50.7 Å². The van der Waals surface area contributed by atoms with E-state index in [9.17, 15) is 9.59 Å². The van der Waals surface area contributed by atoms with Crippen molar-refractivity contribution in [2.45, 2.75) is 32.1 Å². The van der Waals surface area contributed by atoms with Crippen LogP contribution < -0.4 is 10.6 Å². The lowest BCUT2D eigenvalue weighted by Gasteiger charge is -2.34. The second kappa shape index (κ2) is 8.47. The van der Waals surface area contributed by atoms with Gasteiger partial charge in [0.2, 0.25) is 5.91 Å². The summed E-state index contributed by atoms with van der Waals surface area (Å²) in [4.78, 5) is 35.3. The van der Waals surface area contributed by atoms with Crippen molar-refractivity contribution in [3.05, 3.63) is 23.9 Å². The quantitative estimate of drug-likeness (QED) is 0.827.